The first-order valence-electron chi connectivity index (χ1n) is 45.4. The number of rotatable bonds is 93. The molecule has 2 aliphatic rings. The first-order valence-corrected chi connectivity index (χ1v) is 46.8. The van der Waals surface area contributed by atoms with E-state index < -0.39 is 51.4 Å². The first kappa shape index (κ1) is 116. The third kappa shape index (κ3) is 57.7. The number of ether oxygens (including phenoxy) is 26. The zero-order valence-corrected chi connectivity index (χ0v) is 77.3. The summed E-state index contributed by atoms with van der Waals surface area (Å²) in [7, 11) is -3.69. The Balaban J connectivity index is 0.622. The Morgan fingerprint density at radius 3 is 1.06 bits per heavy atom. The molecular formula is C90H144F4N4O32S. The van der Waals surface area contributed by atoms with Gasteiger partial charge in [-0.25, -0.2) is 22.2 Å². The van der Waals surface area contributed by atoms with Crippen LogP contribution in [0.5, 0.6) is 5.75 Å². The van der Waals surface area contributed by atoms with Crippen LogP contribution in [0.1, 0.15) is 70.3 Å². The van der Waals surface area contributed by atoms with Gasteiger partial charge < -0.3 is 139 Å². The highest BCUT2D eigenvalue weighted by atomic mass is 32.2. The van der Waals surface area contributed by atoms with E-state index in [1.165, 1.54) is 4.31 Å². The second-order valence-electron chi connectivity index (χ2n) is 29.2. The molecule has 36 nitrogen and oxygen atoms in total. The highest BCUT2D eigenvalue weighted by Gasteiger charge is 2.36. The molecule has 3 aromatic rings. The summed E-state index contributed by atoms with van der Waals surface area (Å²) in [4.78, 5) is 44.9. The first-order chi connectivity index (χ1) is 64.2. The van der Waals surface area contributed by atoms with E-state index in [0.717, 1.165) is 43.2 Å². The number of hydrogen-bond acceptors (Lipinski definition) is 34. The van der Waals surface area contributed by atoms with E-state index in [2.05, 4.69) is 9.73 Å². The van der Waals surface area contributed by atoms with Gasteiger partial charge >= 0.3 is 5.97 Å². The molecule has 0 aromatic heterocycles. The number of halogens is 4. The minimum Gasteiger partial charge on any atom is -0.420 e. The van der Waals surface area contributed by atoms with Crippen LogP contribution in [0.15, 0.2) is 64.0 Å². The molecule has 1 fully saturated rings. The number of amidine groups is 1. The molecular weight excluding hydrogens is 1760 g/mol. The molecule has 3 N–H and O–H groups in total. The molecule has 0 bridgehead atoms. The summed E-state index contributed by atoms with van der Waals surface area (Å²) in [5.74, 6) is -9.18. The molecule has 1 saturated heterocycles. The van der Waals surface area contributed by atoms with Crippen LogP contribution in [0.4, 0.5) is 23.2 Å². The maximum atomic E-state index is 14.0. The van der Waals surface area contributed by atoms with Crippen molar-refractivity contribution >= 4 is 45.3 Å². The van der Waals surface area contributed by atoms with E-state index in [9.17, 15) is 45.5 Å². The van der Waals surface area contributed by atoms with Gasteiger partial charge in [-0.3, -0.25) is 14.4 Å². The van der Waals surface area contributed by atoms with Crippen LogP contribution >= 0.6 is 0 Å². The topological polar surface area (TPSA) is 390 Å². The smallest absolute Gasteiger partial charge is 0.313 e. The van der Waals surface area contributed by atoms with Crippen LogP contribution in [0.2, 0.25) is 0 Å². The summed E-state index contributed by atoms with van der Waals surface area (Å²) in [5.41, 5.74) is 9.77. The largest absolute Gasteiger partial charge is 0.420 e. The molecule has 2 aliphatic heterocycles. The van der Waals surface area contributed by atoms with Gasteiger partial charge in [-0.05, 0) is 54.7 Å². The summed E-state index contributed by atoms with van der Waals surface area (Å²) in [6.07, 6.45) is 6.65. The van der Waals surface area contributed by atoms with Gasteiger partial charge in [0, 0.05) is 75.2 Å². The lowest BCUT2D eigenvalue weighted by Gasteiger charge is -2.36. The van der Waals surface area contributed by atoms with Gasteiger partial charge in [-0.2, -0.15) is 13.1 Å². The summed E-state index contributed by atoms with van der Waals surface area (Å²) >= 11 is 0. The van der Waals surface area contributed by atoms with Crippen molar-refractivity contribution in [3.63, 3.8) is 0 Å². The number of Topliss-reactive ketones (excluding diaryl/α,β-unsaturated/α-hetero) is 1. The molecule has 5 rings (SSSR count). The van der Waals surface area contributed by atoms with E-state index in [4.69, 9.17) is 124 Å². The Labute approximate surface area is 769 Å². The van der Waals surface area contributed by atoms with Crippen molar-refractivity contribution in [2.24, 2.45) is 16.6 Å². The summed E-state index contributed by atoms with van der Waals surface area (Å²) in [6.45, 7) is 24.2. The summed E-state index contributed by atoms with van der Waals surface area (Å²) < 4.78 is 224. The maximum Gasteiger partial charge on any atom is 0.313 e. The van der Waals surface area contributed by atoms with Crippen molar-refractivity contribution in [1.82, 2.24) is 9.21 Å². The number of aliphatic imine (C=N–C) groups is 1. The Bertz CT molecular complexity index is 3540. The van der Waals surface area contributed by atoms with Gasteiger partial charge in [0.05, 0.1) is 347 Å². The number of aliphatic hydroxyl groups excluding tert-OH is 1. The fraction of sp³-hybridized carbons (Fsp3) is 0.733. The number of carbonyl (C=O) groups excluding carboxylic acids is 3. The van der Waals surface area contributed by atoms with Gasteiger partial charge in [0.15, 0.2) is 11.6 Å². The lowest BCUT2D eigenvalue weighted by Crippen LogP contribution is -2.51. The van der Waals surface area contributed by atoms with Crippen LogP contribution in [0, 0.1) is 29.2 Å². The zero-order valence-electron chi connectivity index (χ0n) is 76.5. The second-order valence-corrected chi connectivity index (χ2v) is 31.1. The molecule has 41 heteroatoms. The molecule has 0 unspecified atom stereocenters. The minimum absolute atomic E-state index is 0.0149. The highest BCUT2D eigenvalue weighted by molar-refractivity contribution is 7.89. The van der Waals surface area contributed by atoms with Crippen molar-refractivity contribution in [3.8, 4) is 16.9 Å². The van der Waals surface area contributed by atoms with Gasteiger partial charge in [-0.1, -0.05) is 44.0 Å². The molecule has 131 heavy (non-hydrogen) atoms. The molecule has 0 radical (unpaired) electrons. The van der Waals surface area contributed by atoms with Crippen LogP contribution in [0.3, 0.4) is 0 Å². The number of aliphatic hydroxyl groups is 1. The number of amides is 1. The van der Waals surface area contributed by atoms with Crippen LogP contribution < -0.4 is 10.5 Å². The van der Waals surface area contributed by atoms with Crippen molar-refractivity contribution in [1.29, 1.82) is 0 Å². The van der Waals surface area contributed by atoms with Crippen molar-refractivity contribution in [2.75, 3.05) is 363 Å². The summed E-state index contributed by atoms with van der Waals surface area (Å²) in [5, 5.41) is 9.38. The van der Waals surface area contributed by atoms with Crippen LogP contribution in [0.25, 0.3) is 17.2 Å². The third-order valence-electron chi connectivity index (χ3n) is 18.9. The van der Waals surface area contributed by atoms with Gasteiger partial charge in [-0.15, -0.1) is 0 Å². The van der Waals surface area contributed by atoms with Crippen molar-refractivity contribution < 1.29 is 169 Å². The Morgan fingerprint density at radius 1 is 0.405 bits per heavy atom. The zero-order chi connectivity index (χ0) is 93.6. The number of esters is 1. The molecule has 2 heterocycles. The average molecular weight is 1900 g/mol. The minimum atomic E-state index is -3.69. The van der Waals surface area contributed by atoms with E-state index in [0.29, 0.717) is 366 Å². The maximum absolute atomic E-state index is 14.0. The molecule has 0 spiro atoms. The average Bonchev–Trinajstić information content (AvgIpc) is 1.51. The van der Waals surface area contributed by atoms with Crippen molar-refractivity contribution in [2.45, 2.75) is 69.6 Å². The standard InChI is InChI=1S/C90H144F4N4O32S/c1-2-15-97(90(102)79-67-78-12-11-77(69-84(78)96-85(95)70-79)76-8-7-10-81(68-76)131(103,104)98-72-75(73-98)74-99)16-6-4-3-5-9-80(100)13-17-105-19-21-107-23-25-109-27-29-111-31-33-113-35-37-115-39-41-117-43-45-119-47-49-121-51-53-123-55-57-125-59-61-127-63-65-129-66-64-128-62-60-126-58-56-124-54-52-122-50-48-120-46-44-118-42-40-116-38-36-114-34-32-112-30-28-110-26-24-108-22-20-106-18-14-86(101)130-89-87(93)82(91)71-83(92)88(89)94/h7-8,10-12,67-69,71,75,99H,2-6,9,13-66,70,72-74H2,1H3,(H2,95,96). The molecule has 750 valence electrons. The fourth-order valence-electron chi connectivity index (χ4n) is 11.9. The van der Waals surface area contributed by atoms with E-state index in [1.807, 2.05) is 42.2 Å². The van der Waals surface area contributed by atoms with E-state index >= 15 is 0 Å². The Kier molecular flexibility index (Phi) is 69.8. The number of nitrogens with zero attached hydrogens (tertiary/aromatic N) is 3. The molecule has 0 atom stereocenters. The van der Waals surface area contributed by atoms with Crippen molar-refractivity contribution in [3.05, 3.63) is 82.9 Å². The number of nitrogens with two attached hydrogens (primary N) is 1. The van der Waals surface area contributed by atoms with Gasteiger partial charge in [0.2, 0.25) is 33.3 Å². The number of unbranched alkanes of at least 4 members (excludes halogenated alkanes) is 3. The highest BCUT2D eigenvalue weighted by Crippen LogP contribution is 2.35. The third-order valence-corrected chi connectivity index (χ3v) is 20.7. The molecule has 0 aliphatic carbocycles. The SMILES string of the molecule is CCCN(CCCCCCC(=O)CCOCCOCCOCCOCCOCCOCCOCCOCCOCCOCCOCCOCCOCCOCCOCCOCCOCCOCCOCCOCCOCCOCCOCCOCCOCCC(=O)Oc1c(F)c(F)cc(F)c1F)C(=O)C1=Cc2ccc(-c3cccc(S(=O)(=O)N4CC(CO)C4)c3)cc2N=C(N)C1. The van der Waals surface area contributed by atoms with Crippen LogP contribution in [-0.2, 0) is 143 Å². The lowest BCUT2D eigenvalue weighted by molar-refractivity contribution is -0.136. The number of hydrogen-bond donors (Lipinski definition) is 2. The predicted molar refractivity (Wildman–Crippen MR) is 472 cm³/mol. The van der Waals surface area contributed by atoms with Crippen LogP contribution in [-0.4, -0.2) is 409 Å². The lowest BCUT2D eigenvalue weighted by atomic mass is 10.0. The summed E-state index contributed by atoms with van der Waals surface area (Å²) in [6, 6.07) is 12.4. The normalized spacial score (nSPS) is 13.1. The fourth-order valence-corrected chi connectivity index (χ4v) is 13.6. The molecule has 0 saturated carbocycles. The number of carbonyl (C=O) groups is 3. The monoisotopic (exact) mass is 1900 g/mol. The molecule has 3 aromatic carbocycles. The van der Waals surface area contributed by atoms with Gasteiger partial charge in [0.1, 0.15) is 11.6 Å². The number of ketones is 1. The number of sulfonamides is 1. The van der Waals surface area contributed by atoms with E-state index in [1.54, 1.807) is 18.2 Å². The second kappa shape index (κ2) is 79.2. The predicted octanol–water partition coefficient (Wildman–Crippen LogP) is 6.86. The number of benzene rings is 3. The van der Waals surface area contributed by atoms with E-state index in [-0.39, 0.29) is 68.0 Å². The number of fused-ring (bicyclic) bond motifs is 1. The quantitative estimate of drug-likeness (QED) is 0.0191. The van der Waals surface area contributed by atoms with Gasteiger partial charge in [0.25, 0.3) is 0 Å². The Morgan fingerprint density at radius 2 is 0.725 bits per heavy atom. The molecule has 1 amide bonds. The Hall–Kier alpha value is -5.93.